The van der Waals surface area contributed by atoms with Gasteiger partial charge in [-0.2, -0.15) is 5.26 Å². The first kappa shape index (κ1) is 10.5. The molecule has 0 saturated heterocycles. The van der Waals surface area contributed by atoms with Gasteiger partial charge in [-0.3, -0.25) is 0 Å². The van der Waals surface area contributed by atoms with Crippen LogP contribution in [-0.4, -0.2) is 5.11 Å². The summed E-state index contributed by atoms with van der Waals surface area (Å²) >= 11 is 0. The lowest BCUT2D eigenvalue weighted by molar-refractivity contribution is 0.0890. The number of hydrogen-bond donors (Lipinski definition) is 1. The van der Waals surface area contributed by atoms with Gasteiger partial charge in [-0.25, -0.2) is 0 Å². The molecule has 0 heterocycles. The Morgan fingerprint density at radius 2 is 2.07 bits per heavy atom. The Morgan fingerprint density at radius 3 is 2.57 bits per heavy atom. The van der Waals surface area contributed by atoms with Gasteiger partial charge in [0.25, 0.3) is 0 Å². The first-order chi connectivity index (χ1) is 6.73. The quantitative estimate of drug-likeness (QED) is 0.581. The standard InChI is InChI=1S/C12H13NO/c1-2-3-9-12(14,10-13)11-7-5-4-6-8-11/h2,4-8,14H,1,3,9H2. The Morgan fingerprint density at radius 1 is 1.43 bits per heavy atom. The molecule has 0 aliphatic heterocycles. The predicted molar refractivity (Wildman–Crippen MR) is 55.4 cm³/mol. The molecule has 1 aromatic carbocycles. The summed E-state index contributed by atoms with van der Waals surface area (Å²) in [5.74, 6) is 0. The molecule has 0 saturated carbocycles. The summed E-state index contributed by atoms with van der Waals surface area (Å²) in [6, 6.07) is 10.9. The zero-order chi connectivity index (χ0) is 10.4. The molecule has 2 heteroatoms. The van der Waals surface area contributed by atoms with Crippen molar-refractivity contribution in [2.75, 3.05) is 0 Å². The van der Waals surface area contributed by atoms with Gasteiger partial charge in [0.2, 0.25) is 0 Å². The van der Waals surface area contributed by atoms with Crippen LogP contribution < -0.4 is 0 Å². The summed E-state index contributed by atoms with van der Waals surface area (Å²) < 4.78 is 0. The molecule has 14 heavy (non-hydrogen) atoms. The molecule has 1 atom stereocenters. The highest BCUT2D eigenvalue weighted by Crippen LogP contribution is 2.25. The maximum atomic E-state index is 10.0. The minimum Gasteiger partial charge on any atom is -0.371 e. The van der Waals surface area contributed by atoms with Gasteiger partial charge in [0.1, 0.15) is 6.07 Å². The highest BCUT2D eigenvalue weighted by atomic mass is 16.3. The number of aliphatic hydroxyl groups is 1. The van der Waals surface area contributed by atoms with E-state index in [1.807, 2.05) is 24.3 Å². The maximum absolute atomic E-state index is 10.0. The average molecular weight is 187 g/mol. The molecule has 0 aliphatic rings. The Bertz CT molecular complexity index is 339. The highest BCUT2D eigenvalue weighted by Gasteiger charge is 2.27. The van der Waals surface area contributed by atoms with Crippen molar-refractivity contribution in [1.82, 2.24) is 0 Å². The van der Waals surface area contributed by atoms with E-state index in [1.165, 1.54) is 0 Å². The largest absolute Gasteiger partial charge is 0.371 e. The summed E-state index contributed by atoms with van der Waals surface area (Å²) in [6.45, 7) is 3.57. The summed E-state index contributed by atoms with van der Waals surface area (Å²) in [5, 5.41) is 18.9. The summed E-state index contributed by atoms with van der Waals surface area (Å²) in [5.41, 5.74) is -0.737. The number of benzene rings is 1. The zero-order valence-corrected chi connectivity index (χ0v) is 7.98. The SMILES string of the molecule is C=CCCC(O)(C#N)c1ccccc1. The number of rotatable bonds is 4. The molecule has 0 amide bonds. The maximum Gasteiger partial charge on any atom is 0.176 e. The fourth-order valence-electron chi connectivity index (χ4n) is 1.29. The molecule has 72 valence electrons. The van der Waals surface area contributed by atoms with Crippen LogP contribution in [0.1, 0.15) is 18.4 Å². The lowest BCUT2D eigenvalue weighted by Gasteiger charge is -2.19. The second kappa shape index (κ2) is 4.59. The monoisotopic (exact) mass is 187 g/mol. The topological polar surface area (TPSA) is 44.0 Å². The number of nitrogens with zero attached hydrogens (tertiary/aromatic N) is 1. The van der Waals surface area contributed by atoms with Crippen molar-refractivity contribution >= 4 is 0 Å². The van der Waals surface area contributed by atoms with Crippen molar-refractivity contribution in [3.05, 3.63) is 48.6 Å². The molecule has 0 spiro atoms. The molecular formula is C12H13NO. The molecule has 1 aromatic rings. The Kier molecular flexibility index (Phi) is 3.44. The van der Waals surface area contributed by atoms with Gasteiger partial charge in [-0.15, -0.1) is 6.58 Å². The van der Waals surface area contributed by atoms with Gasteiger partial charge in [0, 0.05) is 0 Å². The smallest absolute Gasteiger partial charge is 0.176 e. The molecule has 0 bridgehead atoms. The van der Waals surface area contributed by atoms with Crippen molar-refractivity contribution in [1.29, 1.82) is 5.26 Å². The van der Waals surface area contributed by atoms with Crippen LogP contribution in [0.4, 0.5) is 0 Å². The van der Waals surface area contributed by atoms with Crippen LogP contribution in [0.25, 0.3) is 0 Å². The van der Waals surface area contributed by atoms with E-state index in [4.69, 9.17) is 5.26 Å². The summed E-state index contributed by atoms with van der Waals surface area (Å²) in [6.07, 6.45) is 2.71. The number of allylic oxidation sites excluding steroid dienone is 1. The summed E-state index contributed by atoms with van der Waals surface area (Å²) in [7, 11) is 0. The van der Waals surface area contributed by atoms with Crippen molar-refractivity contribution < 1.29 is 5.11 Å². The fourth-order valence-corrected chi connectivity index (χ4v) is 1.29. The van der Waals surface area contributed by atoms with Crippen LogP contribution in [0.3, 0.4) is 0 Å². The van der Waals surface area contributed by atoms with E-state index in [-0.39, 0.29) is 0 Å². The van der Waals surface area contributed by atoms with E-state index < -0.39 is 5.60 Å². The highest BCUT2D eigenvalue weighted by molar-refractivity contribution is 5.28. The van der Waals surface area contributed by atoms with Crippen molar-refractivity contribution in [3.8, 4) is 6.07 Å². The normalized spacial score (nSPS) is 14.0. The van der Waals surface area contributed by atoms with Crippen LogP contribution in [0.2, 0.25) is 0 Å². The third-order valence-corrected chi connectivity index (χ3v) is 2.15. The fraction of sp³-hybridized carbons (Fsp3) is 0.250. The molecule has 1 unspecified atom stereocenters. The van der Waals surface area contributed by atoms with Crippen molar-refractivity contribution in [2.24, 2.45) is 0 Å². The van der Waals surface area contributed by atoms with Gasteiger partial charge in [0.05, 0.1) is 0 Å². The Balaban J connectivity index is 2.91. The molecule has 0 fully saturated rings. The van der Waals surface area contributed by atoms with Crippen LogP contribution in [0.5, 0.6) is 0 Å². The molecule has 0 aliphatic carbocycles. The second-order valence-corrected chi connectivity index (χ2v) is 3.17. The molecule has 1 rings (SSSR count). The zero-order valence-electron chi connectivity index (χ0n) is 7.98. The molecular weight excluding hydrogens is 174 g/mol. The van der Waals surface area contributed by atoms with E-state index in [9.17, 15) is 5.11 Å². The van der Waals surface area contributed by atoms with E-state index >= 15 is 0 Å². The van der Waals surface area contributed by atoms with Crippen LogP contribution in [-0.2, 0) is 5.60 Å². The first-order valence-corrected chi connectivity index (χ1v) is 4.53. The second-order valence-electron chi connectivity index (χ2n) is 3.17. The lowest BCUT2D eigenvalue weighted by atomic mass is 9.91. The van der Waals surface area contributed by atoms with Gasteiger partial charge < -0.3 is 5.11 Å². The van der Waals surface area contributed by atoms with Crippen molar-refractivity contribution in [3.63, 3.8) is 0 Å². The van der Waals surface area contributed by atoms with Crippen molar-refractivity contribution in [2.45, 2.75) is 18.4 Å². The lowest BCUT2D eigenvalue weighted by Crippen LogP contribution is -2.22. The van der Waals surface area contributed by atoms with E-state index in [1.54, 1.807) is 18.2 Å². The third kappa shape index (κ3) is 2.21. The van der Waals surface area contributed by atoms with E-state index in [0.29, 0.717) is 18.4 Å². The predicted octanol–water partition coefficient (Wildman–Crippen LogP) is 2.36. The van der Waals surface area contributed by atoms with Gasteiger partial charge >= 0.3 is 0 Å². The molecule has 0 aromatic heterocycles. The van der Waals surface area contributed by atoms with Gasteiger partial charge in [0.15, 0.2) is 5.60 Å². The third-order valence-electron chi connectivity index (χ3n) is 2.15. The first-order valence-electron chi connectivity index (χ1n) is 4.53. The van der Waals surface area contributed by atoms with Crippen LogP contribution in [0, 0.1) is 11.3 Å². The molecule has 2 nitrogen and oxygen atoms in total. The minimum absolute atomic E-state index is 0.386. The molecule has 0 radical (unpaired) electrons. The van der Waals surface area contributed by atoms with Gasteiger partial charge in [-0.1, -0.05) is 36.4 Å². The average Bonchev–Trinajstić information content (AvgIpc) is 2.27. The van der Waals surface area contributed by atoms with E-state index in [2.05, 4.69) is 6.58 Å². The van der Waals surface area contributed by atoms with Crippen LogP contribution in [0.15, 0.2) is 43.0 Å². The summed E-state index contributed by atoms with van der Waals surface area (Å²) in [4.78, 5) is 0. The van der Waals surface area contributed by atoms with Crippen LogP contribution >= 0.6 is 0 Å². The molecule has 1 N–H and O–H groups in total. The number of nitriles is 1. The van der Waals surface area contributed by atoms with Gasteiger partial charge in [-0.05, 0) is 18.4 Å². The van der Waals surface area contributed by atoms with E-state index in [0.717, 1.165) is 0 Å². The Hall–Kier alpha value is -1.59. The number of hydrogen-bond acceptors (Lipinski definition) is 2. The Labute approximate surface area is 84.1 Å². The minimum atomic E-state index is -1.38.